The van der Waals surface area contributed by atoms with Gasteiger partial charge in [-0.1, -0.05) is 37.9 Å². The summed E-state index contributed by atoms with van der Waals surface area (Å²) in [5.41, 5.74) is 3.09. The zero-order valence-corrected chi connectivity index (χ0v) is 19.5. The molecule has 4 aromatic rings. The predicted octanol–water partition coefficient (Wildman–Crippen LogP) is 7.38. The Morgan fingerprint density at radius 3 is 2.00 bits per heavy atom. The van der Waals surface area contributed by atoms with Crippen molar-refractivity contribution in [3.8, 4) is 5.75 Å². The zero-order valence-electron chi connectivity index (χ0n) is 16.4. The van der Waals surface area contributed by atoms with E-state index in [1.54, 1.807) is 7.11 Å². The van der Waals surface area contributed by atoms with E-state index in [-0.39, 0.29) is 5.54 Å². The van der Waals surface area contributed by atoms with Gasteiger partial charge >= 0.3 is 0 Å². The molecule has 0 aliphatic heterocycles. The lowest BCUT2D eigenvalue weighted by Gasteiger charge is -2.30. The van der Waals surface area contributed by atoms with E-state index in [2.05, 4.69) is 91.6 Å². The number of aromatic nitrogens is 1. The number of hydrogen-bond acceptors (Lipinski definition) is 2. The molecule has 1 N–H and O–H groups in total. The summed E-state index contributed by atoms with van der Waals surface area (Å²) in [6.45, 7) is 7.02. The second-order valence-electron chi connectivity index (χ2n) is 7.38. The van der Waals surface area contributed by atoms with Crippen molar-refractivity contribution in [3.63, 3.8) is 0 Å². The van der Waals surface area contributed by atoms with Crippen molar-refractivity contribution >= 4 is 59.4 Å². The van der Waals surface area contributed by atoms with Crippen LogP contribution in [0.2, 0.25) is 0 Å². The molecule has 0 saturated carbocycles. The number of benzene rings is 3. The number of rotatable bonds is 6. The molecule has 148 valence electrons. The molecule has 1 aromatic heterocycles. The number of hydrogen-bond donors (Lipinski definition) is 1. The molecule has 3 nitrogen and oxygen atoms in total. The monoisotopic (exact) mass is 512 g/mol. The number of nitrogens with one attached hydrogen (secondary N) is 1. The summed E-state index contributed by atoms with van der Waals surface area (Å²) in [5.74, 6) is 0.842. The topological polar surface area (TPSA) is 26.2 Å². The van der Waals surface area contributed by atoms with E-state index in [4.69, 9.17) is 4.74 Å². The Labute approximate surface area is 187 Å². The van der Waals surface area contributed by atoms with Crippen molar-refractivity contribution < 1.29 is 4.74 Å². The molecular weight excluding hydrogens is 492 g/mol. The van der Waals surface area contributed by atoms with Crippen LogP contribution in [0.15, 0.2) is 82.3 Å². The van der Waals surface area contributed by atoms with Crippen molar-refractivity contribution in [2.45, 2.75) is 19.0 Å². The van der Waals surface area contributed by atoms with Crippen molar-refractivity contribution in [3.05, 3.63) is 82.3 Å². The van der Waals surface area contributed by atoms with Gasteiger partial charge in [0.25, 0.3) is 0 Å². The van der Waals surface area contributed by atoms with Gasteiger partial charge in [0.05, 0.1) is 12.6 Å². The average Bonchev–Trinajstić information content (AvgIpc) is 3.00. The highest BCUT2D eigenvalue weighted by molar-refractivity contribution is 9.10. The van der Waals surface area contributed by atoms with E-state index in [0.717, 1.165) is 26.9 Å². The van der Waals surface area contributed by atoms with Crippen molar-refractivity contribution in [1.29, 1.82) is 0 Å². The van der Waals surface area contributed by atoms with Crippen molar-refractivity contribution in [1.82, 2.24) is 4.57 Å². The van der Waals surface area contributed by atoms with Crippen LogP contribution in [-0.4, -0.2) is 17.2 Å². The number of ether oxygens (including phenoxy) is 1. The summed E-state index contributed by atoms with van der Waals surface area (Å²) in [5, 5.41) is 6.09. The van der Waals surface area contributed by atoms with Gasteiger partial charge in [-0.25, -0.2) is 0 Å². The molecule has 1 heterocycles. The summed E-state index contributed by atoms with van der Waals surface area (Å²) >= 11 is 7.23. The summed E-state index contributed by atoms with van der Waals surface area (Å²) < 4.78 is 9.78. The van der Waals surface area contributed by atoms with E-state index in [1.165, 1.54) is 21.8 Å². The van der Waals surface area contributed by atoms with Gasteiger partial charge in [-0.15, -0.1) is 6.58 Å². The Morgan fingerprint density at radius 2 is 1.52 bits per heavy atom. The van der Waals surface area contributed by atoms with Crippen LogP contribution in [0.3, 0.4) is 0 Å². The predicted molar refractivity (Wildman–Crippen MR) is 130 cm³/mol. The van der Waals surface area contributed by atoms with Gasteiger partial charge < -0.3 is 14.6 Å². The summed E-state index contributed by atoms with van der Waals surface area (Å²) in [6.07, 6.45) is 1.98. The molecule has 1 atom stereocenters. The van der Waals surface area contributed by atoms with Crippen LogP contribution in [0.1, 0.15) is 6.92 Å². The lowest BCUT2D eigenvalue weighted by Crippen LogP contribution is -2.37. The molecule has 5 heteroatoms. The fourth-order valence-corrected chi connectivity index (χ4v) is 4.43. The van der Waals surface area contributed by atoms with Crippen LogP contribution in [0.4, 0.5) is 5.69 Å². The van der Waals surface area contributed by atoms with Gasteiger partial charge in [-0.3, -0.25) is 0 Å². The minimum atomic E-state index is -0.340. The van der Waals surface area contributed by atoms with Crippen molar-refractivity contribution in [2.24, 2.45) is 0 Å². The van der Waals surface area contributed by atoms with E-state index in [0.29, 0.717) is 0 Å². The number of halogens is 2. The second-order valence-corrected chi connectivity index (χ2v) is 9.22. The maximum Gasteiger partial charge on any atom is 0.119 e. The van der Waals surface area contributed by atoms with E-state index in [1.807, 2.05) is 30.3 Å². The highest BCUT2D eigenvalue weighted by Gasteiger charge is 2.23. The maximum atomic E-state index is 5.27. The Hall–Kier alpha value is -2.24. The fraction of sp³-hybridized carbons (Fsp3) is 0.167. The van der Waals surface area contributed by atoms with Gasteiger partial charge in [0.2, 0.25) is 0 Å². The first-order valence-electron chi connectivity index (χ1n) is 9.35. The van der Waals surface area contributed by atoms with E-state index < -0.39 is 0 Å². The molecule has 0 spiro atoms. The minimum absolute atomic E-state index is 0.340. The molecule has 3 aromatic carbocycles. The average molecular weight is 514 g/mol. The van der Waals surface area contributed by atoms with Crippen LogP contribution >= 0.6 is 31.9 Å². The number of nitrogens with zero attached hydrogens (tertiary/aromatic N) is 1. The lowest BCUT2D eigenvalue weighted by molar-refractivity contribution is 0.415. The third kappa shape index (κ3) is 3.94. The third-order valence-electron chi connectivity index (χ3n) is 5.25. The molecule has 0 bridgehead atoms. The smallest absolute Gasteiger partial charge is 0.119 e. The Morgan fingerprint density at radius 1 is 0.966 bits per heavy atom. The minimum Gasteiger partial charge on any atom is -0.497 e. The van der Waals surface area contributed by atoms with Crippen LogP contribution in [0.5, 0.6) is 5.75 Å². The maximum absolute atomic E-state index is 5.27. The first-order chi connectivity index (χ1) is 13.9. The summed E-state index contributed by atoms with van der Waals surface area (Å²) in [7, 11) is 1.68. The first-order valence-corrected chi connectivity index (χ1v) is 10.9. The fourth-order valence-electron chi connectivity index (χ4n) is 3.71. The number of methoxy groups -OCH3 is 1. The summed E-state index contributed by atoms with van der Waals surface area (Å²) in [6, 6.07) is 20.9. The molecule has 4 rings (SSSR count). The number of anilines is 1. The molecule has 0 amide bonds. The first kappa shape index (κ1) is 20.0. The standard InChI is InChI=1S/C24H22Br2N2O/c1-4-24(2,27-18-7-9-19(29-3)10-8-18)15-28-22-11-5-16(25)13-20(22)21-14-17(26)6-12-23(21)28/h4-14,27H,1,15H2,2-3H3/t24-/m0/s1. The van der Waals surface area contributed by atoms with Crippen molar-refractivity contribution in [2.75, 3.05) is 12.4 Å². The zero-order chi connectivity index (χ0) is 20.6. The molecule has 0 fully saturated rings. The Kier molecular flexibility index (Phi) is 5.45. The Bertz CT molecular complexity index is 1140. The van der Waals surface area contributed by atoms with Gasteiger partial charge in [0.15, 0.2) is 0 Å². The van der Waals surface area contributed by atoms with Gasteiger partial charge in [-0.2, -0.15) is 0 Å². The van der Waals surface area contributed by atoms with Crippen LogP contribution in [0, 0.1) is 0 Å². The molecule has 0 aliphatic carbocycles. The highest BCUT2D eigenvalue weighted by Crippen LogP contribution is 2.34. The highest BCUT2D eigenvalue weighted by atomic mass is 79.9. The largest absolute Gasteiger partial charge is 0.497 e. The molecule has 0 aliphatic rings. The van der Waals surface area contributed by atoms with Crippen LogP contribution in [0.25, 0.3) is 21.8 Å². The molecule has 0 unspecified atom stereocenters. The molecule has 0 radical (unpaired) electrons. The lowest BCUT2D eigenvalue weighted by atomic mass is 10.0. The van der Waals surface area contributed by atoms with Gasteiger partial charge in [-0.05, 0) is 67.6 Å². The van der Waals surface area contributed by atoms with Crippen LogP contribution < -0.4 is 10.1 Å². The molecule has 0 saturated heterocycles. The molecule has 29 heavy (non-hydrogen) atoms. The molecular formula is C24H22Br2N2O. The van der Waals surface area contributed by atoms with Crippen LogP contribution in [-0.2, 0) is 6.54 Å². The second kappa shape index (κ2) is 7.88. The third-order valence-corrected chi connectivity index (χ3v) is 6.23. The van der Waals surface area contributed by atoms with E-state index in [9.17, 15) is 0 Å². The number of fused-ring (bicyclic) bond motifs is 3. The normalized spacial score (nSPS) is 13.4. The quantitative estimate of drug-likeness (QED) is 0.272. The SMILES string of the molecule is C=C[C@@](C)(Cn1c2ccc(Br)cc2c2cc(Br)ccc21)Nc1ccc(OC)cc1. The summed E-state index contributed by atoms with van der Waals surface area (Å²) in [4.78, 5) is 0. The van der Waals surface area contributed by atoms with Gasteiger partial charge in [0, 0.05) is 43.0 Å². The van der Waals surface area contributed by atoms with E-state index >= 15 is 0 Å². The Balaban J connectivity index is 1.78. The van der Waals surface area contributed by atoms with Gasteiger partial charge in [0.1, 0.15) is 5.75 Å².